The topological polar surface area (TPSA) is 49.4 Å². The summed E-state index contributed by atoms with van der Waals surface area (Å²) in [7, 11) is 0. The monoisotopic (exact) mass is 506 g/mol. The molecule has 4 nitrogen and oxygen atoms in total. The lowest BCUT2D eigenvalue weighted by Crippen LogP contribution is -2.52. The van der Waals surface area contributed by atoms with Crippen LogP contribution in [-0.2, 0) is 16.1 Å². The highest BCUT2D eigenvalue weighted by Crippen LogP contribution is 2.26. The Kier molecular flexibility index (Phi) is 9.96. The molecule has 0 heterocycles. The zero-order valence-corrected chi connectivity index (χ0v) is 21.6. The third-order valence-corrected chi connectivity index (χ3v) is 7.66. The van der Waals surface area contributed by atoms with E-state index in [0.29, 0.717) is 16.5 Å². The minimum absolute atomic E-state index is 0.0804. The molecule has 33 heavy (non-hydrogen) atoms. The molecule has 1 aliphatic carbocycles. The summed E-state index contributed by atoms with van der Waals surface area (Å²) in [5.74, 6) is 0.0852. The molecule has 1 fully saturated rings. The first-order valence-corrected chi connectivity index (χ1v) is 13.3. The molecule has 178 valence electrons. The van der Waals surface area contributed by atoms with E-state index in [2.05, 4.69) is 5.32 Å². The van der Waals surface area contributed by atoms with Crippen molar-refractivity contribution in [2.75, 3.05) is 5.75 Å². The number of carbonyl (C=O) groups excluding carboxylic acids is 2. The van der Waals surface area contributed by atoms with Crippen LogP contribution in [0.4, 0.5) is 0 Å². The number of halogens is 2. The van der Waals surface area contributed by atoms with Crippen LogP contribution >= 0.6 is 35.0 Å². The van der Waals surface area contributed by atoms with E-state index in [9.17, 15) is 9.59 Å². The molecule has 0 aliphatic heterocycles. The molecule has 0 saturated heterocycles. The molecule has 3 rings (SSSR count). The molecule has 2 aromatic carbocycles. The molecule has 1 N–H and O–H groups in total. The molecule has 0 radical (unpaired) electrons. The van der Waals surface area contributed by atoms with Gasteiger partial charge in [0.25, 0.3) is 0 Å². The van der Waals surface area contributed by atoms with Gasteiger partial charge in [-0.1, -0.05) is 73.2 Å². The standard InChI is InChI=1S/C26H32Cl2N2O2S/c1-3-24(26(32)29-21-7-5-4-6-8-21)30(16-19-11-12-20(27)15-23(19)28)25(31)17-33-22-13-9-18(2)10-14-22/h9-15,21,24H,3-8,16-17H2,1-2H3,(H,29,32)/t24-/m1/s1. The summed E-state index contributed by atoms with van der Waals surface area (Å²) in [5.41, 5.74) is 1.95. The number of nitrogens with one attached hydrogen (secondary N) is 1. The number of hydrogen-bond donors (Lipinski definition) is 1. The van der Waals surface area contributed by atoms with Crippen LogP contribution in [0, 0.1) is 6.92 Å². The maximum Gasteiger partial charge on any atom is 0.243 e. The predicted molar refractivity (Wildman–Crippen MR) is 138 cm³/mol. The van der Waals surface area contributed by atoms with Gasteiger partial charge >= 0.3 is 0 Å². The maximum atomic E-state index is 13.4. The molecule has 1 saturated carbocycles. The van der Waals surface area contributed by atoms with Gasteiger partial charge in [0.1, 0.15) is 6.04 Å². The van der Waals surface area contributed by atoms with Crippen molar-refractivity contribution >= 4 is 46.8 Å². The zero-order chi connectivity index (χ0) is 23.8. The molecular formula is C26H32Cl2N2O2S. The Labute approximate surface area is 211 Å². The lowest BCUT2D eigenvalue weighted by molar-refractivity contribution is -0.139. The van der Waals surface area contributed by atoms with Crippen LogP contribution < -0.4 is 5.32 Å². The van der Waals surface area contributed by atoms with E-state index in [-0.39, 0.29) is 30.2 Å². The highest BCUT2D eigenvalue weighted by Gasteiger charge is 2.30. The smallest absolute Gasteiger partial charge is 0.243 e. The van der Waals surface area contributed by atoms with Crippen molar-refractivity contribution in [2.45, 2.75) is 75.9 Å². The number of hydrogen-bond acceptors (Lipinski definition) is 3. The Bertz CT molecular complexity index is 946. The van der Waals surface area contributed by atoms with Gasteiger partial charge in [0.05, 0.1) is 5.75 Å². The third kappa shape index (κ3) is 7.66. The third-order valence-electron chi connectivity index (χ3n) is 6.08. The van der Waals surface area contributed by atoms with E-state index in [4.69, 9.17) is 23.2 Å². The fraction of sp³-hybridized carbons (Fsp3) is 0.462. The van der Waals surface area contributed by atoms with Gasteiger partial charge in [-0.2, -0.15) is 0 Å². The number of rotatable bonds is 9. The highest BCUT2D eigenvalue weighted by molar-refractivity contribution is 8.00. The van der Waals surface area contributed by atoms with Gasteiger partial charge in [0.15, 0.2) is 0 Å². The van der Waals surface area contributed by atoms with Crippen molar-refractivity contribution in [3.8, 4) is 0 Å². The Balaban J connectivity index is 1.77. The normalized spacial score (nSPS) is 15.2. The molecule has 1 atom stereocenters. The van der Waals surface area contributed by atoms with Gasteiger partial charge in [0, 0.05) is 27.5 Å². The summed E-state index contributed by atoms with van der Waals surface area (Å²) in [5, 5.41) is 4.24. The van der Waals surface area contributed by atoms with Crippen LogP contribution in [-0.4, -0.2) is 34.6 Å². The van der Waals surface area contributed by atoms with E-state index < -0.39 is 6.04 Å². The summed E-state index contributed by atoms with van der Waals surface area (Å²) in [4.78, 5) is 29.4. The van der Waals surface area contributed by atoms with E-state index in [1.165, 1.54) is 23.7 Å². The molecule has 7 heteroatoms. The van der Waals surface area contributed by atoms with Crippen LogP contribution in [0.3, 0.4) is 0 Å². The van der Waals surface area contributed by atoms with Gasteiger partial charge in [-0.25, -0.2) is 0 Å². The molecule has 1 aliphatic rings. The van der Waals surface area contributed by atoms with E-state index in [0.717, 1.165) is 36.1 Å². The number of thioether (sulfide) groups is 1. The Morgan fingerprint density at radius 3 is 2.42 bits per heavy atom. The highest BCUT2D eigenvalue weighted by atomic mass is 35.5. The van der Waals surface area contributed by atoms with Gasteiger partial charge in [-0.15, -0.1) is 11.8 Å². The average molecular weight is 508 g/mol. The van der Waals surface area contributed by atoms with E-state index >= 15 is 0 Å². The number of carbonyl (C=O) groups is 2. The summed E-state index contributed by atoms with van der Waals surface area (Å²) in [6, 6.07) is 13.0. The molecule has 2 aromatic rings. The van der Waals surface area contributed by atoms with Gasteiger partial charge < -0.3 is 10.2 Å². The Morgan fingerprint density at radius 1 is 1.09 bits per heavy atom. The zero-order valence-electron chi connectivity index (χ0n) is 19.3. The second kappa shape index (κ2) is 12.7. The molecule has 0 aromatic heterocycles. The van der Waals surface area contributed by atoms with Gasteiger partial charge in [0.2, 0.25) is 11.8 Å². The van der Waals surface area contributed by atoms with Crippen molar-refractivity contribution < 1.29 is 9.59 Å². The van der Waals surface area contributed by atoms with Crippen molar-refractivity contribution in [2.24, 2.45) is 0 Å². The summed E-state index contributed by atoms with van der Waals surface area (Å²) in [6.07, 6.45) is 6.03. The van der Waals surface area contributed by atoms with Crippen molar-refractivity contribution in [1.82, 2.24) is 10.2 Å². The van der Waals surface area contributed by atoms with Crippen LogP contribution in [0.5, 0.6) is 0 Å². The summed E-state index contributed by atoms with van der Waals surface area (Å²) >= 11 is 14.0. The first-order valence-electron chi connectivity index (χ1n) is 11.6. The molecule has 2 amide bonds. The van der Waals surface area contributed by atoms with Gasteiger partial charge in [-0.3, -0.25) is 9.59 Å². The Hall–Kier alpha value is -1.69. The van der Waals surface area contributed by atoms with Crippen LogP contribution in [0.25, 0.3) is 0 Å². The summed E-state index contributed by atoms with van der Waals surface area (Å²) < 4.78 is 0. The average Bonchev–Trinajstić information content (AvgIpc) is 2.80. The van der Waals surface area contributed by atoms with Crippen LogP contribution in [0.1, 0.15) is 56.6 Å². The van der Waals surface area contributed by atoms with Crippen molar-refractivity contribution in [1.29, 1.82) is 0 Å². The lowest BCUT2D eigenvalue weighted by atomic mass is 9.95. The van der Waals surface area contributed by atoms with Gasteiger partial charge in [-0.05, 0) is 56.0 Å². The molecule has 0 unspecified atom stereocenters. The fourth-order valence-corrected chi connectivity index (χ4v) is 5.41. The molecule has 0 bridgehead atoms. The van der Waals surface area contributed by atoms with Crippen LogP contribution in [0.2, 0.25) is 10.0 Å². The number of benzene rings is 2. The minimum atomic E-state index is -0.551. The number of aryl methyl sites for hydroxylation is 1. The largest absolute Gasteiger partial charge is 0.352 e. The fourth-order valence-electron chi connectivity index (χ4n) is 4.16. The quantitative estimate of drug-likeness (QED) is 0.387. The summed E-state index contributed by atoms with van der Waals surface area (Å²) in [6.45, 7) is 4.25. The van der Waals surface area contributed by atoms with Crippen molar-refractivity contribution in [3.05, 3.63) is 63.6 Å². The SMILES string of the molecule is CC[C@H](C(=O)NC1CCCCC1)N(Cc1ccc(Cl)cc1Cl)C(=O)CSc1ccc(C)cc1. The molecular weight excluding hydrogens is 475 g/mol. The minimum Gasteiger partial charge on any atom is -0.352 e. The molecule has 0 spiro atoms. The Morgan fingerprint density at radius 2 is 1.79 bits per heavy atom. The second-order valence-electron chi connectivity index (χ2n) is 8.63. The van der Waals surface area contributed by atoms with Crippen LogP contribution in [0.15, 0.2) is 47.4 Å². The first-order chi connectivity index (χ1) is 15.9. The lowest BCUT2D eigenvalue weighted by Gasteiger charge is -2.33. The number of amides is 2. The van der Waals surface area contributed by atoms with E-state index in [1.807, 2.05) is 44.2 Å². The first kappa shape index (κ1) is 25.9. The number of nitrogens with zero attached hydrogens (tertiary/aromatic N) is 1. The predicted octanol–water partition coefficient (Wildman–Crippen LogP) is 6.65. The second-order valence-corrected chi connectivity index (χ2v) is 10.5. The van der Waals surface area contributed by atoms with E-state index in [1.54, 1.807) is 17.0 Å². The maximum absolute atomic E-state index is 13.4. The van der Waals surface area contributed by atoms with Crippen molar-refractivity contribution in [3.63, 3.8) is 0 Å².